The first-order valence-electron chi connectivity index (χ1n) is 6.35. The molecule has 1 saturated heterocycles. The molecule has 1 aliphatic rings. The molecular formula is C13H20N2O3. The molecule has 1 fully saturated rings. The van der Waals surface area contributed by atoms with E-state index in [9.17, 15) is 4.79 Å². The second kappa shape index (κ2) is 6.02. The molecule has 100 valence electrons. The molecule has 0 saturated carbocycles. The first kappa shape index (κ1) is 13.1. The maximum absolute atomic E-state index is 11.7. The van der Waals surface area contributed by atoms with Crippen LogP contribution in [0.5, 0.6) is 0 Å². The first-order valence-corrected chi connectivity index (χ1v) is 6.35. The fraction of sp³-hybridized carbons (Fsp3) is 0.615. The van der Waals surface area contributed by atoms with Gasteiger partial charge in [0.05, 0.1) is 19.4 Å². The zero-order chi connectivity index (χ0) is 13.0. The summed E-state index contributed by atoms with van der Waals surface area (Å²) in [6.07, 6.45) is 1.55. The number of hydrogen-bond acceptors (Lipinski definition) is 5. The molecule has 18 heavy (non-hydrogen) atoms. The SMILES string of the molecule is CCOC(=O)c1ccoc1CN1CCN(C)CC1. The van der Waals surface area contributed by atoms with Crippen molar-refractivity contribution in [1.29, 1.82) is 0 Å². The van der Waals surface area contributed by atoms with E-state index in [1.54, 1.807) is 19.3 Å². The minimum absolute atomic E-state index is 0.296. The molecule has 0 unspecified atom stereocenters. The van der Waals surface area contributed by atoms with Gasteiger partial charge in [0.15, 0.2) is 0 Å². The van der Waals surface area contributed by atoms with E-state index in [1.165, 1.54) is 0 Å². The van der Waals surface area contributed by atoms with Crippen LogP contribution >= 0.6 is 0 Å². The smallest absolute Gasteiger partial charge is 0.341 e. The molecular weight excluding hydrogens is 232 g/mol. The summed E-state index contributed by atoms with van der Waals surface area (Å²) in [5, 5.41) is 0. The predicted octanol–water partition coefficient (Wildman–Crippen LogP) is 1.20. The zero-order valence-corrected chi connectivity index (χ0v) is 11.0. The van der Waals surface area contributed by atoms with E-state index in [0.717, 1.165) is 26.2 Å². The van der Waals surface area contributed by atoms with Gasteiger partial charge in [-0.1, -0.05) is 0 Å². The highest BCUT2D eigenvalue weighted by molar-refractivity contribution is 5.90. The van der Waals surface area contributed by atoms with Crippen LogP contribution in [0, 0.1) is 0 Å². The molecule has 0 radical (unpaired) electrons. The summed E-state index contributed by atoms with van der Waals surface area (Å²) in [6, 6.07) is 1.68. The topological polar surface area (TPSA) is 45.9 Å². The molecule has 0 aliphatic carbocycles. The van der Waals surface area contributed by atoms with Crippen LogP contribution in [0.1, 0.15) is 23.0 Å². The standard InChI is InChI=1S/C13H20N2O3/c1-3-17-13(16)11-4-9-18-12(11)10-15-7-5-14(2)6-8-15/h4,9H,3,5-8,10H2,1-2H3. The summed E-state index contributed by atoms with van der Waals surface area (Å²) >= 11 is 0. The van der Waals surface area contributed by atoms with Gasteiger partial charge < -0.3 is 14.1 Å². The van der Waals surface area contributed by atoms with E-state index in [0.29, 0.717) is 24.5 Å². The lowest BCUT2D eigenvalue weighted by Crippen LogP contribution is -2.44. The zero-order valence-electron chi connectivity index (χ0n) is 11.0. The Kier molecular flexibility index (Phi) is 4.38. The van der Waals surface area contributed by atoms with Crippen LogP contribution in [-0.2, 0) is 11.3 Å². The van der Waals surface area contributed by atoms with Crippen molar-refractivity contribution in [3.8, 4) is 0 Å². The molecule has 5 heteroatoms. The van der Waals surface area contributed by atoms with Gasteiger partial charge in [0, 0.05) is 26.2 Å². The maximum atomic E-state index is 11.7. The Morgan fingerprint density at radius 1 is 1.39 bits per heavy atom. The normalized spacial score (nSPS) is 17.9. The van der Waals surface area contributed by atoms with Gasteiger partial charge in [0.2, 0.25) is 0 Å². The van der Waals surface area contributed by atoms with E-state index >= 15 is 0 Å². The van der Waals surface area contributed by atoms with Crippen molar-refractivity contribution in [2.24, 2.45) is 0 Å². The molecule has 0 atom stereocenters. The minimum Gasteiger partial charge on any atom is -0.467 e. The Morgan fingerprint density at radius 3 is 2.78 bits per heavy atom. The average molecular weight is 252 g/mol. The molecule has 0 spiro atoms. The van der Waals surface area contributed by atoms with Crippen molar-refractivity contribution < 1.29 is 13.9 Å². The van der Waals surface area contributed by atoms with E-state index in [1.807, 2.05) is 0 Å². The number of rotatable bonds is 4. The third-order valence-electron chi connectivity index (χ3n) is 3.20. The third kappa shape index (κ3) is 3.11. The Labute approximate surface area is 107 Å². The van der Waals surface area contributed by atoms with Crippen molar-refractivity contribution in [2.45, 2.75) is 13.5 Å². The van der Waals surface area contributed by atoms with Gasteiger partial charge in [0.25, 0.3) is 0 Å². The summed E-state index contributed by atoms with van der Waals surface area (Å²) in [4.78, 5) is 16.3. The molecule has 0 N–H and O–H groups in total. The minimum atomic E-state index is -0.296. The van der Waals surface area contributed by atoms with Crippen molar-refractivity contribution in [3.63, 3.8) is 0 Å². The summed E-state index contributed by atoms with van der Waals surface area (Å²) < 4.78 is 10.4. The van der Waals surface area contributed by atoms with E-state index in [4.69, 9.17) is 9.15 Å². The number of nitrogens with zero attached hydrogens (tertiary/aromatic N) is 2. The fourth-order valence-electron chi connectivity index (χ4n) is 2.06. The number of piperazine rings is 1. The lowest BCUT2D eigenvalue weighted by atomic mass is 10.2. The Hall–Kier alpha value is -1.33. The molecule has 0 bridgehead atoms. The second-order valence-corrected chi connectivity index (χ2v) is 4.56. The highest BCUT2D eigenvalue weighted by atomic mass is 16.5. The molecule has 2 heterocycles. The Bertz CT molecular complexity index is 395. The molecule has 0 aromatic carbocycles. The number of furan rings is 1. The number of likely N-dealkylation sites (N-methyl/N-ethyl adjacent to an activating group) is 1. The second-order valence-electron chi connectivity index (χ2n) is 4.56. The van der Waals surface area contributed by atoms with Crippen molar-refractivity contribution in [2.75, 3.05) is 39.8 Å². The predicted molar refractivity (Wildman–Crippen MR) is 67.4 cm³/mol. The monoisotopic (exact) mass is 252 g/mol. The lowest BCUT2D eigenvalue weighted by molar-refractivity contribution is 0.0520. The average Bonchev–Trinajstić information content (AvgIpc) is 2.81. The van der Waals surface area contributed by atoms with Crippen LogP contribution in [0.15, 0.2) is 16.7 Å². The van der Waals surface area contributed by atoms with Crippen LogP contribution in [0.3, 0.4) is 0 Å². The summed E-state index contributed by atoms with van der Waals surface area (Å²) in [6.45, 7) is 6.97. The number of hydrogen-bond donors (Lipinski definition) is 0. The van der Waals surface area contributed by atoms with Gasteiger partial charge in [0.1, 0.15) is 11.3 Å². The summed E-state index contributed by atoms with van der Waals surface area (Å²) in [5.41, 5.74) is 0.552. The highest BCUT2D eigenvalue weighted by Gasteiger charge is 2.20. The quantitative estimate of drug-likeness (QED) is 0.754. The molecule has 1 aromatic rings. The Balaban J connectivity index is 1.97. The van der Waals surface area contributed by atoms with E-state index in [2.05, 4.69) is 16.8 Å². The van der Waals surface area contributed by atoms with Crippen molar-refractivity contribution in [3.05, 3.63) is 23.7 Å². The van der Waals surface area contributed by atoms with Gasteiger partial charge in [-0.3, -0.25) is 4.90 Å². The van der Waals surface area contributed by atoms with Gasteiger partial charge in [-0.25, -0.2) is 4.79 Å². The summed E-state index contributed by atoms with van der Waals surface area (Å²) in [7, 11) is 2.12. The molecule has 5 nitrogen and oxygen atoms in total. The lowest BCUT2D eigenvalue weighted by Gasteiger charge is -2.31. The van der Waals surface area contributed by atoms with Gasteiger partial charge >= 0.3 is 5.97 Å². The maximum Gasteiger partial charge on any atom is 0.341 e. The van der Waals surface area contributed by atoms with Crippen LogP contribution < -0.4 is 0 Å². The molecule has 1 aliphatic heterocycles. The number of ether oxygens (including phenoxy) is 1. The molecule has 0 amide bonds. The van der Waals surface area contributed by atoms with Gasteiger partial charge in [-0.05, 0) is 20.0 Å². The fourth-order valence-corrected chi connectivity index (χ4v) is 2.06. The number of carbonyl (C=O) groups is 1. The van der Waals surface area contributed by atoms with Crippen LogP contribution in [0.2, 0.25) is 0 Å². The van der Waals surface area contributed by atoms with Gasteiger partial charge in [-0.15, -0.1) is 0 Å². The van der Waals surface area contributed by atoms with Gasteiger partial charge in [-0.2, -0.15) is 0 Å². The molecule has 1 aromatic heterocycles. The van der Waals surface area contributed by atoms with Crippen molar-refractivity contribution in [1.82, 2.24) is 9.80 Å². The Morgan fingerprint density at radius 2 is 2.11 bits per heavy atom. The highest BCUT2D eigenvalue weighted by Crippen LogP contribution is 2.15. The number of carbonyl (C=O) groups excluding carboxylic acids is 1. The van der Waals surface area contributed by atoms with Crippen molar-refractivity contribution >= 4 is 5.97 Å². The molecule has 2 rings (SSSR count). The summed E-state index contributed by atoms with van der Waals surface area (Å²) in [5.74, 6) is 0.411. The van der Waals surface area contributed by atoms with Crippen LogP contribution in [-0.4, -0.2) is 55.6 Å². The third-order valence-corrected chi connectivity index (χ3v) is 3.20. The largest absolute Gasteiger partial charge is 0.467 e. The van der Waals surface area contributed by atoms with E-state index < -0.39 is 0 Å². The number of esters is 1. The van der Waals surface area contributed by atoms with E-state index in [-0.39, 0.29) is 5.97 Å². The van der Waals surface area contributed by atoms with Crippen LogP contribution in [0.25, 0.3) is 0 Å². The first-order chi connectivity index (χ1) is 8.70. The van der Waals surface area contributed by atoms with Crippen LogP contribution in [0.4, 0.5) is 0 Å².